The summed E-state index contributed by atoms with van der Waals surface area (Å²) in [4.78, 5) is 29.1. The van der Waals surface area contributed by atoms with E-state index in [9.17, 15) is 37.5 Å². The molecular formula is C24H17F3N4O3S. The summed E-state index contributed by atoms with van der Waals surface area (Å²) in [6.07, 6.45) is -3.10. The minimum Gasteiger partial charge on any atom is -0.299 e. The minimum atomic E-state index is -4.64. The maximum atomic E-state index is 13.7. The second-order valence-corrected chi connectivity index (χ2v) is 9.30. The number of hydrogen-bond donors (Lipinski definition) is 0. The molecule has 2 amide bonds. The molecule has 2 aromatic rings. The SMILES string of the molecule is CS(=O)c1cc(C#N)ccc1[C@@H]1C2=C(CCC2=O)N(c2cccc(C(F)(F)F)c2)C(=O)N1CC#N. The number of nitriles is 2. The molecule has 2 aliphatic rings. The fraction of sp³-hybridized carbons (Fsp3) is 0.250. The van der Waals surface area contributed by atoms with Gasteiger partial charge in [0.25, 0.3) is 0 Å². The summed E-state index contributed by atoms with van der Waals surface area (Å²) in [6.45, 7) is -0.473. The molecule has 4 rings (SSSR count). The van der Waals surface area contributed by atoms with Crippen LogP contribution in [0.3, 0.4) is 0 Å². The van der Waals surface area contributed by atoms with E-state index in [0.29, 0.717) is 5.56 Å². The van der Waals surface area contributed by atoms with Gasteiger partial charge in [-0.1, -0.05) is 12.1 Å². The second kappa shape index (κ2) is 9.01. The van der Waals surface area contributed by atoms with E-state index >= 15 is 0 Å². The lowest BCUT2D eigenvalue weighted by Gasteiger charge is -2.41. The van der Waals surface area contributed by atoms with Crippen LogP contribution in [0, 0.1) is 22.7 Å². The molecule has 11 heteroatoms. The predicted molar refractivity (Wildman–Crippen MR) is 119 cm³/mol. The summed E-state index contributed by atoms with van der Waals surface area (Å²) in [5.74, 6) is -0.324. The number of anilines is 1. The quantitative estimate of drug-likeness (QED) is 0.580. The van der Waals surface area contributed by atoms with Crippen LogP contribution in [0.1, 0.15) is 35.6 Å². The van der Waals surface area contributed by atoms with Gasteiger partial charge in [0.1, 0.15) is 6.54 Å². The molecule has 0 saturated heterocycles. The van der Waals surface area contributed by atoms with Crippen LogP contribution >= 0.6 is 0 Å². The van der Waals surface area contributed by atoms with Gasteiger partial charge in [0.2, 0.25) is 0 Å². The number of allylic oxidation sites excluding steroid dienone is 1. The Morgan fingerprint density at radius 1 is 1.11 bits per heavy atom. The number of alkyl halides is 3. The minimum absolute atomic E-state index is 0.0329. The number of carbonyl (C=O) groups is 2. The predicted octanol–water partition coefficient (Wildman–Crippen LogP) is 4.44. The second-order valence-electron chi connectivity index (χ2n) is 7.96. The molecule has 2 atom stereocenters. The number of nitrogens with zero attached hydrogens (tertiary/aromatic N) is 4. The van der Waals surface area contributed by atoms with Gasteiger partial charge in [-0.15, -0.1) is 0 Å². The van der Waals surface area contributed by atoms with Gasteiger partial charge in [-0.05, 0) is 42.3 Å². The molecule has 1 aliphatic carbocycles. The van der Waals surface area contributed by atoms with Crippen molar-refractivity contribution in [1.29, 1.82) is 10.5 Å². The highest BCUT2D eigenvalue weighted by Gasteiger charge is 2.47. The number of Topliss-reactive ketones (excluding diaryl/α,β-unsaturated/α-hetero) is 1. The van der Waals surface area contributed by atoms with Gasteiger partial charge in [0.05, 0.1) is 45.8 Å². The fourth-order valence-corrected chi connectivity index (χ4v) is 5.24. The summed E-state index contributed by atoms with van der Waals surface area (Å²) in [7, 11) is -1.61. The maximum absolute atomic E-state index is 13.7. The molecule has 0 aromatic heterocycles. The van der Waals surface area contributed by atoms with Gasteiger partial charge in [-0.2, -0.15) is 23.7 Å². The lowest BCUT2D eigenvalue weighted by atomic mass is 9.92. The summed E-state index contributed by atoms with van der Waals surface area (Å²) < 4.78 is 52.6. The van der Waals surface area contributed by atoms with Gasteiger partial charge >= 0.3 is 12.2 Å². The van der Waals surface area contributed by atoms with Crippen molar-refractivity contribution in [2.45, 2.75) is 30.0 Å². The van der Waals surface area contributed by atoms with Crippen LogP contribution in [-0.2, 0) is 21.8 Å². The highest BCUT2D eigenvalue weighted by molar-refractivity contribution is 7.84. The average Bonchev–Trinajstić information content (AvgIpc) is 3.19. The number of amides is 2. The Morgan fingerprint density at radius 2 is 1.86 bits per heavy atom. The third kappa shape index (κ3) is 4.19. The number of ketones is 1. The monoisotopic (exact) mass is 498 g/mol. The summed E-state index contributed by atoms with van der Waals surface area (Å²) in [6, 6.07) is 10.5. The van der Waals surface area contributed by atoms with Gasteiger partial charge in [-0.3, -0.25) is 18.8 Å². The number of hydrogen-bond acceptors (Lipinski definition) is 5. The van der Waals surface area contributed by atoms with Crippen LogP contribution < -0.4 is 4.90 Å². The van der Waals surface area contributed by atoms with E-state index in [1.165, 1.54) is 36.6 Å². The molecule has 2 aromatic carbocycles. The van der Waals surface area contributed by atoms with Crippen LogP contribution in [0.15, 0.2) is 58.6 Å². The summed E-state index contributed by atoms with van der Waals surface area (Å²) >= 11 is 0. The zero-order chi connectivity index (χ0) is 25.5. The topological polar surface area (TPSA) is 105 Å². The number of carbonyl (C=O) groups excluding carboxylic acids is 2. The first kappa shape index (κ1) is 24.2. The first-order chi connectivity index (χ1) is 16.6. The summed E-state index contributed by atoms with van der Waals surface area (Å²) in [5.41, 5.74) is -0.0822. The molecule has 7 nitrogen and oxygen atoms in total. The first-order valence-electron chi connectivity index (χ1n) is 10.4. The van der Waals surface area contributed by atoms with E-state index < -0.39 is 41.2 Å². The zero-order valence-corrected chi connectivity index (χ0v) is 19.1. The van der Waals surface area contributed by atoms with Crippen molar-refractivity contribution in [2.75, 3.05) is 17.7 Å². The Bertz CT molecular complexity index is 1390. The smallest absolute Gasteiger partial charge is 0.299 e. The number of halogens is 3. The van der Waals surface area contributed by atoms with Crippen LogP contribution in [0.4, 0.5) is 23.7 Å². The molecule has 0 fully saturated rings. The summed E-state index contributed by atoms with van der Waals surface area (Å²) in [5, 5.41) is 18.7. The molecular weight excluding hydrogens is 481 g/mol. The van der Waals surface area contributed by atoms with Crippen molar-refractivity contribution in [3.63, 3.8) is 0 Å². The third-order valence-corrected chi connectivity index (χ3v) is 6.88. The fourth-order valence-electron chi connectivity index (χ4n) is 4.44. The Hall–Kier alpha value is -3.96. The molecule has 1 heterocycles. The van der Waals surface area contributed by atoms with Gasteiger partial charge in [0.15, 0.2) is 5.78 Å². The average molecular weight is 498 g/mol. The van der Waals surface area contributed by atoms with E-state index in [2.05, 4.69) is 0 Å². The van der Waals surface area contributed by atoms with Gasteiger partial charge in [-0.25, -0.2) is 4.79 Å². The van der Waals surface area contributed by atoms with Crippen LogP contribution in [-0.4, -0.2) is 33.7 Å². The number of urea groups is 1. The zero-order valence-electron chi connectivity index (χ0n) is 18.3. The Morgan fingerprint density at radius 3 is 2.49 bits per heavy atom. The maximum Gasteiger partial charge on any atom is 0.416 e. The van der Waals surface area contributed by atoms with Crippen LogP contribution in [0.2, 0.25) is 0 Å². The van der Waals surface area contributed by atoms with E-state index in [-0.39, 0.29) is 46.0 Å². The van der Waals surface area contributed by atoms with Crippen LogP contribution in [0.5, 0.6) is 0 Å². The van der Waals surface area contributed by atoms with Crippen molar-refractivity contribution >= 4 is 28.3 Å². The lowest BCUT2D eigenvalue weighted by Crippen LogP contribution is -2.50. The molecule has 0 radical (unpaired) electrons. The molecule has 0 bridgehead atoms. The van der Waals surface area contributed by atoms with Gasteiger partial charge < -0.3 is 0 Å². The highest BCUT2D eigenvalue weighted by atomic mass is 32.2. The normalized spacial score (nSPS) is 18.9. The molecule has 1 unspecified atom stereocenters. The molecule has 0 N–H and O–H groups in total. The standard InChI is InChI=1S/C24H17F3N4O3S/c1-35(34)20-11-14(13-29)5-6-17(20)22-21-18(7-8-19(21)32)31(23(33)30(22)10-9-28)16-4-2-3-15(12-16)24(25,26)27/h2-6,11-12,22H,7-8,10H2,1H3/t22-,35?/m1/s1. The van der Waals surface area contributed by atoms with Crippen molar-refractivity contribution in [3.05, 3.63) is 70.4 Å². The highest BCUT2D eigenvalue weighted by Crippen LogP contribution is 2.46. The Kier molecular flexibility index (Phi) is 6.22. The molecule has 35 heavy (non-hydrogen) atoms. The molecule has 1 aliphatic heterocycles. The van der Waals surface area contributed by atoms with E-state index in [1.807, 2.05) is 12.1 Å². The van der Waals surface area contributed by atoms with E-state index in [4.69, 9.17) is 0 Å². The van der Waals surface area contributed by atoms with Crippen molar-refractivity contribution in [1.82, 2.24) is 4.90 Å². The van der Waals surface area contributed by atoms with Crippen LogP contribution in [0.25, 0.3) is 0 Å². The Balaban J connectivity index is 1.97. The largest absolute Gasteiger partial charge is 0.416 e. The number of benzene rings is 2. The Labute approximate surface area is 201 Å². The van der Waals surface area contributed by atoms with E-state index in [0.717, 1.165) is 21.9 Å². The molecule has 0 saturated carbocycles. The first-order valence-corrected chi connectivity index (χ1v) is 11.9. The molecule has 0 spiro atoms. The van der Waals surface area contributed by atoms with Crippen molar-refractivity contribution < 1.29 is 27.0 Å². The number of rotatable bonds is 4. The van der Waals surface area contributed by atoms with Crippen molar-refractivity contribution in [2.24, 2.45) is 0 Å². The molecule has 178 valence electrons. The van der Waals surface area contributed by atoms with Gasteiger partial charge in [0, 0.05) is 28.8 Å². The van der Waals surface area contributed by atoms with Crippen molar-refractivity contribution in [3.8, 4) is 12.1 Å². The third-order valence-electron chi connectivity index (χ3n) is 5.91. The lowest BCUT2D eigenvalue weighted by molar-refractivity contribution is -0.137. The van der Waals surface area contributed by atoms with E-state index in [1.54, 1.807) is 0 Å².